The van der Waals surface area contributed by atoms with Crippen molar-refractivity contribution in [1.82, 2.24) is 10.6 Å². The Morgan fingerprint density at radius 1 is 1.44 bits per heavy atom. The molecule has 0 aliphatic rings. The highest BCUT2D eigenvalue weighted by Gasteiger charge is 2.07. The number of urea groups is 1. The van der Waals surface area contributed by atoms with Crippen LogP contribution >= 0.6 is 0 Å². The topological polar surface area (TPSA) is 91.6 Å². The van der Waals surface area contributed by atoms with Crippen molar-refractivity contribution < 1.29 is 19.1 Å². The van der Waals surface area contributed by atoms with E-state index in [1.807, 2.05) is 6.92 Å². The molecular formula is C12H18N2O4. The van der Waals surface area contributed by atoms with Crippen molar-refractivity contribution in [2.75, 3.05) is 6.54 Å². The van der Waals surface area contributed by atoms with E-state index in [0.717, 1.165) is 0 Å². The minimum atomic E-state index is -0.816. The van der Waals surface area contributed by atoms with E-state index in [2.05, 4.69) is 10.6 Å². The number of hydrogen-bond acceptors (Lipinski definition) is 3. The van der Waals surface area contributed by atoms with Crippen LogP contribution in [0.1, 0.15) is 25.5 Å². The van der Waals surface area contributed by atoms with Crippen LogP contribution in [0.5, 0.6) is 0 Å². The maximum Gasteiger partial charge on any atom is 0.315 e. The van der Waals surface area contributed by atoms with Crippen molar-refractivity contribution >= 4 is 12.0 Å². The Balaban J connectivity index is 2.11. The third-order valence-electron chi connectivity index (χ3n) is 2.47. The highest BCUT2D eigenvalue weighted by atomic mass is 16.4. The summed E-state index contributed by atoms with van der Waals surface area (Å²) in [6.45, 7) is 2.69. The molecule has 18 heavy (non-hydrogen) atoms. The Bertz CT molecular complexity index is 375. The van der Waals surface area contributed by atoms with Crippen molar-refractivity contribution in [1.29, 1.82) is 0 Å². The molecule has 0 saturated heterocycles. The minimum Gasteiger partial charge on any atom is -0.481 e. The van der Waals surface area contributed by atoms with Gasteiger partial charge in [-0.05, 0) is 24.5 Å². The van der Waals surface area contributed by atoms with Crippen LogP contribution in [0.2, 0.25) is 0 Å². The molecule has 100 valence electrons. The average Bonchev–Trinajstić information content (AvgIpc) is 2.84. The lowest BCUT2D eigenvalue weighted by atomic mass is 10.1. The number of hydrogen-bond donors (Lipinski definition) is 3. The van der Waals surface area contributed by atoms with Crippen molar-refractivity contribution in [3.63, 3.8) is 0 Å². The summed E-state index contributed by atoms with van der Waals surface area (Å²) in [4.78, 5) is 21.8. The van der Waals surface area contributed by atoms with Gasteiger partial charge >= 0.3 is 12.0 Å². The normalized spacial score (nSPS) is 11.8. The number of carboxylic acid groups (broad SMARTS) is 1. The lowest BCUT2D eigenvalue weighted by Crippen LogP contribution is -2.37. The molecule has 1 aromatic heterocycles. The third kappa shape index (κ3) is 5.93. The maximum absolute atomic E-state index is 11.4. The van der Waals surface area contributed by atoms with Crippen LogP contribution in [0.4, 0.5) is 4.79 Å². The van der Waals surface area contributed by atoms with Crippen LogP contribution in [0, 0.1) is 5.92 Å². The van der Waals surface area contributed by atoms with Gasteiger partial charge in [-0.3, -0.25) is 4.79 Å². The molecule has 1 unspecified atom stereocenters. The molecule has 1 rings (SSSR count). The second-order valence-corrected chi connectivity index (χ2v) is 4.18. The second-order valence-electron chi connectivity index (χ2n) is 4.18. The first-order valence-electron chi connectivity index (χ1n) is 5.84. The van der Waals surface area contributed by atoms with Gasteiger partial charge in [-0.15, -0.1) is 0 Å². The van der Waals surface area contributed by atoms with Crippen LogP contribution in [0.25, 0.3) is 0 Å². The highest BCUT2D eigenvalue weighted by Crippen LogP contribution is 2.03. The Morgan fingerprint density at radius 3 is 2.83 bits per heavy atom. The standard InChI is InChI=1S/C12H18N2O4/c1-9(4-5-11(15)16)7-13-12(17)14-8-10-3-2-6-18-10/h2-3,6,9H,4-5,7-8H2,1H3,(H,15,16)(H2,13,14,17). The van der Waals surface area contributed by atoms with E-state index in [1.165, 1.54) is 0 Å². The molecule has 1 atom stereocenters. The number of carbonyl (C=O) groups is 2. The Hall–Kier alpha value is -1.98. The first-order chi connectivity index (χ1) is 8.58. The summed E-state index contributed by atoms with van der Waals surface area (Å²) in [6.07, 6.45) is 2.22. The Labute approximate surface area is 105 Å². The molecular weight excluding hydrogens is 236 g/mol. The summed E-state index contributed by atoms with van der Waals surface area (Å²) < 4.78 is 5.07. The van der Waals surface area contributed by atoms with Gasteiger partial charge in [0.1, 0.15) is 5.76 Å². The zero-order valence-electron chi connectivity index (χ0n) is 10.3. The fourth-order valence-corrected chi connectivity index (χ4v) is 1.38. The minimum absolute atomic E-state index is 0.122. The second kappa shape index (κ2) is 7.37. The summed E-state index contributed by atoms with van der Waals surface area (Å²) in [6, 6.07) is 3.24. The molecule has 0 aliphatic heterocycles. The van der Waals surface area contributed by atoms with E-state index in [9.17, 15) is 9.59 Å². The maximum atomic E-state index is 11.4. The van der Waals surface area contributed by atoms with Crippen LogP contribution < -0.4 is 10.6 Å². The molecule has 3 N–H and O–H groups in total. The molecule has 2 amide bonds. The van der Waals surface area contributed by atoms with Crippen molar-refractivity contribution in [2.45, 2.75) is 26.3 Å². The molecule has 0 aliphatic carbocycles. The molecule has 0 saturated carbocycles. The third-order valence-corrected chi connectivity index (χ3v) is 2.47. The summed E-state index contributed by atoms with van der Waals surface area (Å²) >= 11 is 0. The number of rotatable bonds is 7. The van der Waals surface area contributed by atoms with Crippen LogP contribution in [-0.2, 0) is 11.3 Å². The molecule has 1 heterocycles. The molecule has 0 spiro atoms. The summed E-state index contributed by atoms with van der Waals surface area (Å²) in [5.74, 6) is 0.00339. The first-order valence-corrected chi connectivity index (χ1v) is 5.84. The number of carbonyl (C=O) groups excluding carboxylic acids is 1. The predicted molar refractivity (Wildman–Crippen MR) is 65.0 cm³/mol. The average molecular weight is 254 g/mol. The van der Waals surface area contributed by atoms with E-state index >= 15 is 0 Å². The lowest BCUT2D eigenvalue weighted by molar-refractivity contribution is -0.137. The van der Waals surface area contributed by atoms with E-state index < -0.39 is 5.97 Å². The van der Waals surface area contributed by atoms with Gasteiger partial charge in [0.2, 0.25) is 0 Å². The van der Waals surface area contributed by atoms with E-state index in [-0.39, 0.29) is 18.4 Å². The SMILES string of the molecule is CC(CCC(=O)O)CNC(=O)NCc1ccco1. The number of furan rings is 1. The van der Waals surface area contributed by atoms with Gasteiger partial charge in [0, 0.05) is 13.0 Å². The summed E-state index contributed by atoms with van der Waals surface area (Å²) in [5.41, 5.74) is 0. The van der Waals surface area contributed by atoms with Gasteiger partial charge in [-0.2, -0.15) is 0 Å². The quantitative estimate of drug-likeness (QED) is 0.689. The van der Waals surface area contributed by atoms with E-state index in [1.54, 1.807) is 18.4 Å². The van der Waals surface area contributed by atoms with Gasteiger partial charge < -0.3 is 20.2 Å². The van der Waals surface area contributed by atoms with Gasteiger partial charge in [0.15, 0.2) is 0 Å². The Morgan fingerprint density at radius 2 is 2.22 bits per heavy atom. The van der Waals surface area contributed by atoms with Crippen molar-refractivity contribution in [3.05, 3.63) is 24.2 Å². The monoisotopic (exact) mass is 254 g/mol. The van der Waals surface area contributed by atoms with Crippen LogP contribution in [0.15, 0.2) is 22.8 Å². The van der Waals surface area contributed by atoms with Gasteiger partial charge in [-0.1, -0.05) is 6.92 Å². The van der Waals surface area contributed by atoms with Crippen LogP contribution in [0.3, 0.4) is 0 Å². The van der Waals surface area contributed by atoms with Crippen LogP contribution in [-0.4, -0.2) is 23.7 Å². The Kier molecular flexibility index (Phi) is 5.76. The molecule has 0 aromatic carbocycles. The fraction of sp³-hybridized carbons (Fsp3) is 0.500. The smallest absolute Gasteiger partial charge is 0.315 e. The molecule has 0 bridgehead atoms. The molecule has 1 aromatic rings. The molecule has 0 radical (unpaired) electrons. The number of carboxylic acids is 1. The largest absolute Gasteiger partial charge is 0.481 e. The summed E-state index contributed by atoms with van der Waals surface area (Å²) in [5, 5.41) is 13.8. The molecule has 6 heteroatoms. The fourth-order valence-electron chi connectivity index (χ4n) is 1.38. The number of aliphatic carboxylic acids is 1. The zero-order valence-corrected chi connectivity index (χ0v) is 10.3. The van der Waals surface area contributed by atoms with Gasteiger partial charge in [0.25, 0.3) is 0 Å². The van der Waals surface area contributed by atoms with Crippen molar-refractivity contribution in [3.8, 4) is 0 Å². The summed E-state index contributed by atoms with van der Waals surface area (Å²) in [7, 11) is 0. The first kappa shape index (κ1) is 14.1. The predicted octanol–water partition coefficient (Wildman–Crippen LogP) is 1.58. The van der Waals surface area contributed by atoms with Gasteiger partial charge in [-0.25, -0.2) is 4.79 Å². The van der Waals surface area contributed by atoms with E-state index in [4.69, 9.17) is 9.52 Å². The lowest BCUT2D eigenvalue weighted by Gasteiger charge is -2.11. The molecule has 6 nitrogen and oxygen atoms in total. The number of amides is 2. The van der Waals surface area contributed by atoms with E-state index in [0.29, 0.717) is 25.3 Å². The molecule has 0 fully saturated rings. The highest BCUT2D eigenvalue weighted by molar-refractivity contribution is 5.73. The van der Waals surface area contributed by atoms with Gasteiger partial charge in [0.05, 0.1) is 12.8 Å². The van der Waals surface area contributed by atoms with Crippen molar-refractivity contribution in [2.24, 2.45) is 5.92 Å². The zero-order chi connectivity index (χ0) is 13.4. The number of nitrogens with one attached hydrogen (secondary N) is 2.